The van der Waals surface area contributed by atoms with E-state index >= 15 is 0 Å². The van der Waals surface area contributed by atoms with E-state index in [1.165, 1.54) is 43.5 Å². The number of hydrogen-bond acceptors (Lipinski definition) is 4. The average Bonchev–Trinajstić information content (AvgIpc) is 2.80. The van der Waals surface area contributed by atoms with Crippen molar-refractivity contribution in [2.45, 2.75) is 38.9 Å². The van der Waals surface area contributed by atoms with Gasteiger partial charge in [-0.3, -0.25) is 9.89 Å². The molecule has 0 unspecified atom stereocenters. The maximum atomic E-state index is 5.39. The number of methoxy groups -OCH3 is 2. The highest BCUT2D eigenvalue weighted by molar-refractivity contribution is 5.79. The molecule has 0 amide bonds. The van der Waals surface area contributed by atoms with Crippen molar-refractivity contribution >= 4 is 5.96 Å². The Morgan fingerprint density at radius 1 is 0.900 bits per heavy atom. The van der Waals surface area contributed by atoms with Gasteiger partial charge in [0.15, 0.2) is 17.5 Å². The normalized spacial score (nSPS) is 15.0. The van der Waals surface area contributed by atoms with Gasteiger partial charge in [-0.15, -0.1) is 0 Å². The number of guanidine groups is 1. The molecule has 1 aliphatic heterocycles. The molecule has 1 saturated heterocycles. The lowest BCUT2D eigenvalue weighted by Crippen LogP contribution is -2.36. The van der Waals surface area contributed by atoms with E-state index in [4.69, 9.17) is 9.47 Å². The molecule has 2 aromatic rings. The Balaban J connectivity index is 1.56. The number of ether oxygens (including phenoxy) is 2. The number of nitrogens with one attached hydrogen (secondary N) is 2. The fourth-order valence-electron chi connectivity index (χ4n) is 3.82. The van der Waals surface area contributed by atoms with Gasteiger partial charge in [0.05, 0.1) is 14.2 Å². The minimum Gasteiger partial charge on any atom is -0.493 e. The fourth-order valence-corrected chi connectivity index (χ4v) is 3.82. The van der Waals surface area contributed by atoms with Gasteiger partial charge in [-0.2, -0.15) is 0 Å². The number of hydrogen-bond donors (Lipinski definition) is 2. The minimum atomic E-state index is 0.648. The van der Waals surface area contributed by atoms with Crippen LogP contribution in [0.15, 0.2) is 47.5 Å². The summed E-state index contributed by atoms with van der Waals surface area (Å²) in [6.45, 7) is 4.83. The van der Waals surface area contributed by atoms with Crippen molar-refractivity contribution in [2.75, 3.05) is 34.4 Å². The second-order valence-electron chi connectivity index (χ2n) is 7.57. The second kappa shape index (κ2) is 11.5. The van der Waals surface area contributed by atoms with Crippen molar-refractivity contribution in [2.24, 2.45) is 4.99 Å². The SMILES string of the molecule is CN=C(NCc1ccc(OC)c(OC)c1)NCc1ccccc1CN1CCCCC1. The molecule has 0 spiro atoms. The zero-order chi connectivity index (χ0) is 21.2. The second-order valence-corrected chi connectivity index (χ2v) is 7.57. The Bertz CT molecular complexity index is 832. The van der Waals surface area contributed by atoms with Gasteiger partial charge in [0.25, 0.3) is 0 Å². The standard InChI is InChI=1S/C24H34N4O2/c1-25-24(26-16-19-11-12-22(29-2)23(15-19)30-3)27-17-20-9-5-6-10-21(20)18-28-13-7-4-8-14-28/h5-6,9-12,15H,4,7-8,13-14,16-18H2,1-3H3,(H2,25,26,27). The van der Waals surface area contributed by atoms with Gasteiger partial charge in [-0.25, -0.2) is 0 Å². The molecule has 0 atom stereocenters. The fraction of sp³-hybridized carbons (Fsp3) is 0.458. The van der Waals surface area contributed by atoms with Crippen molar-refractivity contribution in [3.63, 3.8) is 0 Å². The van der Waals surface area contributed by atoms with Gasteiger partial charge in [-0.1, -0.05) is 36.8 Å². The number of piperidine rings is 1. The third-order valence-electron chi connectivity index (χ3n) is 5.54. The molecule has 0 radical (unpaired) electrons. The number of likely N-dealkylation sites (tertiary alicyclic amines) is 1. The molecule has 2 aromatic carbocycles. The molecule has 3 rings (SSSR count). The van der Waals surface area contributed by atoms with Gasteiger partial charge in [0.2, 0.25) is 0 Å². The Morgan fingerprint density at radius 2 is 1.60 bits per heavy atom. The van der Waals surface area contributed by atoms with Crippen LogP contribution in [0.5, 0.6) is 11.5 Å². The van der Waals surface area contributed by atoms with Crippen LogP contribution >= 0.6 is 0 Å². The number of rotatable bonds is 8. The van der Waals surface area contributed by atoms with Crippen molar-refractivity contribution in [1.82, 2.24) is 15.5 Å². The zero-order valence-electron chi connectivity index (χ0n) is 18.4. The maximum absolute atomic E-state index is 5.39. The van der Waals surface area contributed by atoms with Crippen molar-refractivity contribution in [3.8, 4) is 11.5 Å². The molecule has 2 N–H and O–H groups in total. The van der Waals surface area contributed by atoms with E-state index in [-0.39, 0.29) is 0 Å². The van der Waals surface area contributed by atoms with Crippen LogP contribution in [0.25, 0.3) is 0 Å². The van der Waals surface area contributed by atoms with Gasteiger partial charge >= 0.3 is 0 Å². The average molecular weight is 411 g/mol. The zero-order valence-corrected chi connectivity index (χ0v) is 18.4. The van der Waals surface area contributed by atoms with Crippen LogP contribution in [-0.4, -0.2) is 45.2 Å². The largest absolute Gasteiger partial charge is 0.493 e. The summed E-state index contributed by atoms with van der Waals surface area (Å²) in [5.41, 5.74) is 3.81. The Kier molecular flexibility index (Phi) is 8.39. The Labute approximate surface area is 180 Å². The summed E-state index contributed by atoms with van der Waals surface area (Å²) in [5.74, 6) is 2.23. The van der Waals surface area contributed by atoms with Gasteiger partial charge in [-0.05, 0) is 54.8 Å². The molecule has 1 heterocycles. The first kappa shape index (κ1) is 22.0. The molecule has 6 heteroatoms. The molecule has 162 valence electrons. The molecule has 0 aliphatic carbocycles. The molecular formula is C24H34N4O2. The lowest BCUT2D eigenvalue weighted by atomic mass is 10.0. The van der Waals surface area contributed by atoms with E-state index in [2.05, 4.69) is 44.8 Å². The van der Waals surface area contributed by atoms with E-state index < -0.39 is 0 Å². The number of benzene rings is 2. The summed E-state index contributed by atoms with van der Waals surface area (Å²) >= 11 is 0. The predicted molar refractivity (Wildman–Crippen MR) is 122 cm³/mol. The molecule has 1 aliphatic rings. The summed E-state index contributed by atoms with van der Waals surface area (Å²) in [6.07, 6.45) is 3.99. The summed E-state index contributed by atoms with van der Waals surface area (Å²) in [5, 5.41) is 6.83. The number of aliphatic imine (C=N–C) groups is 1. The first-order valence-corrected chi connectivity index (χ1v) is 10.7. The summed E-state index contributed by atoms with van der Waals surface area (Å²) in [7, 11) is 5.09. The van der Waals surface area contributed by atoms with Crippen molar-refractivity contribution in [1.29, 1.82) is 0 Å². The third-order valence-corrected chi connectivity index (χ3v) is 5.54. The summed E-state index contributed by atoms with van der Waals surface area (Å²) in [6, 6.07) is 14.6. The van der Waals surface area contributed by atoms with E-state index in [9.17, 15) is 0 Å². The van der Waals surface area contributed by atoms with Crippen molar-refractivity contribution in [3.05, 3.63) is 59.2 Å². The monoisotopic (exact) mass is 410 g/mol. The van der Waals surface area contributed by atoms with Crippen LogP contribution in [0.2, 0.25) is 0 Å². The van der Waals surface area contributed by atoms with E-state index in [0.717, 1.165) is 36.1 Å². The van der Waals surface area contributed by atoms with E-state index in [1.807, 2.05) is 18.2 Å². The highest BCUT2D eigenvalue weighted by atomic mass is 16.5. The van der Waals surface area contributed by atoms with Crippen LogP contribution < -0.4 is 20.1 Å². The third kappa shape index (κ3) is 6.13. The minimum absolute atomic E-state index is 0.648. The lowest BCUT2D eigenvalue weighted by molar-refractivity contribution is 0.220. The summed E-state index contributed by atoms with van der Waals surface area (Å²) < 4.78 is 10.7. The van der Waals surface area contributed by atoms with E-state index in [0.29, 0.717) is 6.54 Å². The van der Waals surface area contributed by atoms with Gasteiger partial charge in [0.1, 0.15) is 0 Å². The first-order chi connectivity index (χ1) is 14.7. The smallest absolute Gasteiger partial charge is 0.191 e. The Morgan fingerprint density at radius 3 is 2.30 bits per heavy atom. The molecule has 0 saturated carbocycles. The van der Waals surface area contributed by atoms with E-state index in [1.54, 1.807) is 21.3 Å². The molecule has 6 nitrogen and oxygen atoms in total. The molecule has 0 bridgehead atoms. The van der Waals surface area contributed by atoms with Crippen LogP contribution in [0.3, 0.4) is 0 Å². The predicted octanol–water partition coefficient (Wildman–Crippen LogP) is 3.55. The topological polar surface area (TPSA) is 58.1 Å². The van der Waals surface area contributed by atoms with Gasteiger partial charge in [0, 0.05) is 26.7 Å². The highest BCUT2D eigenvalue weighted by Crippen LogP contribution is 2.27. The first-order valence-electron chi connectivity index (χ1n) is 10.7. The highest BCUT2D eigenvalue weighted by Gasteiger charge is 2.12. The van der Waals surface area contributed by atoms with Crippen LogP contribution in [-0.2, 0) is 19.6 Å². The Hall–Kier alpha value is -2.73. The van der Waals surface area contributed by atoms with Crippen LogP contribution in [0.4, 0.5) is 0 Å². The molecule has 30 heavy (non-hydrogen) atoms. The van der Waals surface area contributed by atoms with Crippen LogP contribution in [0.1, 0.15) is 36.0 Å². The lowest BCUT2D eigenvalue weighted by Gasteiger charge is -2.27. The molecule has 0 aromatic heterocycles. The molecule has 1 fully saturated rings. The molecular weight excluding hydrogens is 376 g/mol. The summed E-state index contributed by atoms with van der Waals surface area (Å²) in [4.78, 5) is 6.93. The number of nitrogens with zero attached hydrogens (tertiary/aromatic N) is 2. The van der Waals surface area contributed by atoms with Gasteiger partial charge < -0.3 is 20.1 Å². The quantitative estimate of drug-likeness (QED) is 0.515. The maximum Gasteiger partial charge on any atom is 0.191 e. The van der Waals surface area contributed by atoms with Crippen LogP contribution in [0, 0.1) is 0 Å². The van der Waals surface area contributed by atoms with Crippen molar-refractivity contribution < 1.29 is 9.47 Å².